The fourth-order valence-corrected chi connectivity index (χ4v) is 4.63. The summed E-state index contributed by atoms with van der Waals surface area (Å²) in [6.45, 7) is 1.95. The minimum Gasteiger partial charge on any atom is -0.319 e. The largest absolute Gasteiger partial charge is 0.319 e. The van der Waals surface area contributed by atoms with E-state index in [2.05, 4.69) is 4.98 Å². The summed E-state index contributed by atoms with van der Waals surface area (Å²) >= 11 is 0. The van der Waals surface area contributed by atoms with E-state index in [1.807, 2.05) is 19.1 Å². The van der Waals surface area contributed by atoms with Gasteiger partial charge in [0.05, 0.1) is 0 Å². The molecule has 0 amide bonds. The van der Waals surface area contributed by atoms with Crippen LogP contribution in [0, 0.1) is 6.92 Å². The highest BCUT2D eigenvalue weighted by atomic mass is 31.2. The highest BCUT2D eigenvalue weighted by Gasteiger charge is 2.28. The van der Waals surface area contributed by atoms with Crippen molar-refractivity contribution in [3.05, 3.63) is 24.0 Å². The fourth-order valence-electron chi connectivity index (χ4n) is 1.81. The second-order valence-electron chi connectivity index (χ2n) is 3.70. The van der Waals surface area contributed by atoms with Crippen molar-refractivity contribution in [3.63, 3.8) is 0 Å². The van der Waals surface area contributed by atoms with E-state index < -0.39 is 7.14 Å². The molecule has 0 unspecified atom stereocenters. The summed E-state index contributed by atoms with van der Waals surface area (Å²) in [7, 11) is -2.00. The zero-order valence-corrected chi connectivity index (χ0v) is 8.76. The fraction of sp³-hybridized carbons (Fsp3) is 0.500. The number of rotatable bonds is 1. The summed E-state index contributed by atoms with van der Waals surface area (Å²) in [6, 6.07) is 3.93. The quantitative estimate of drug-likeness (QED) is 0.643. The van der Waals surface area contributed by atoms with Crippen molar-refractivity contribution in [2.75, 3.05) is 12.3 Å². The molecule has 1 aliphatic rings. The molecule has 0 spiro atoms. The number of aryl methyl sites for hydroxylation is 1. The van der Waals surface area contributed by atoms with Crippen molar-refractivity contribution in [1.82, 2.24) is 4.98 Å². The lowest BCUT2D eigenvalue weighted by molar-refractivity contribution is 0.585. The molecule has 1 aromatic heterocycles. The molecule has 0 saturated carbocycles. The third-order valence-corrected chi connectivity index (χ3v) is 5.94. The lowest BCUT2D eigenvalue weighted by atomic mass is 10.4. The minimum atomic E-state index is -2.00. The first-order chi connectivity index (χ1) is 6.21. The first kappa shape index (κ1) is 8.96. The molecule has 1 aromatic rings. The maximum absolute atomic E-state index is 12.3. The van der Waals surface area contributed by atoms with Crippen LogP contribution in [0.3, 0.4) is 0 Å². The molecule has 0 radical (unpaired) electrons. The number of nitrogens with zero attached hydrogens (tertiary/aromatic N) is 1. The van der Waals surface area contributed by atoms with Gasteiger partial charge in [-0.05, 0) is 31.9 Å². The van der Waals surface area contributed by atoms with Crippen LogP contribution in [0.15, 0.2) is 18.3 Å². The van der Waals surface area contributed by atoms with Crippen LogP contribution >= 0.6 is 7.14 Å². The van der Waals surface area contributed by atoms with E-state index >= 15 is 0 Å². The van der Waals surface area contributed by atoms with Gasteiger partial charge < -0.3 is 4.57 Å². The Kier molecular flexibility index (Phi) is 2.25. The smallest absolute Gasteiger partial charge is 0.117 e. The summed E-state index contributed by atoms with van der Waals surface area (Å²) in [5.74, 6) is 0. The number of pyridine rings is 1. The third kappa shape index (κ3) is 1.68. The van der Waals surface area contributed by atoms with Crippen LogP contribution in [0.25, 0.3) is 0 Å². The normalized spacial score (nSPS) is 20.4. The molecular formula is C10H14NOP. The Balaban J connectivity index is 2.35. The van der Waals surface area contributed by atoms with Crippen LogP contribution in [-0.2, 0) is 4.57 Å². The molecular weight excluding hydrogens is 181 g/mol. The number of hydrogen-bond acceptors (Lipinski definition) is 2. The van der Waals surface area contributed by atoms with Crippen molar-refractivity contribution in [2.45, 2.75) is 19.8 Å². The number of aromatic nitrogens is 1. The van der Waals surface area contributed by atoms with Crippen LogP contribution in [0.4, 0.5) is 0 Å². The molecule has 1 saturated heterocycles. The van der Waals surface area contributed by atoms with Crippen LogP contribution in [0.5, 0.6) is 0 Å². The van der Waals surface area contributed by atoms with Gasteiger partial charge in [-0.1, -0.05) is 0 Å². The van der Waals surface area contributed by atoms with Gasteiger partial charge >= 0.3 is 0 Å². The van der Waals surface area contributed by atoms with Crippen LogP contribution in [-0.4, -0.2) is 17.3 Å². The highest BCUT2D eigenvalue weighted by Crippen LogP contribution is 2.50. The zero-order chi connectivity index (χ0) is 9.31. The summed E-state index contributed by atoms with van der Waals surface area (Å²) in [6.07, 6.45) is 5.80. The van der Waals surface area contributed by atoms with E-state index in [-0.39, 0.29) is 0 Å². The van der Waals surface area contributed by atoms with Gasteiger partial charge in [0.15, 0.2) is 0 Å². The van der Waals surface area contributed by atoms with Gasteiger partial charge in [-0.3, -0.25) is 4.98 Å². The topological polar surface area (TPSA) is 30.0 Å². The van der Waals surface area contributed by atoms with E-state index in [1.165, 1.54) is 0 Å². The Hall–Kier alpha value is -0.620. The molecule has 70 valence electrons. The molecule has 2 heterocycles. The van der Waals surface area contributed by atoms with Crippen LogP contribution in [0.1, 0.15) is 18.5 Å². The van der Waals surface area contributed by atoms with Crippen LogP contribution < -0.4 is 5.30 Å². The zero-order valence-electron chi connectivity index (χ0n) is 7.86. The second kappa shape index (κ2) is 3.26. The van der Waals surface area contributed by atoms with Crippen molar-refractivity contribution in [3.8, 4) is 0 Å². The van der Waals surface area contributed by atoms with E-state index in [9.17, 15) is 4.57 Å². The first-order valence-corrected chi connectivity index (χ1v) is 6.80. The van der Waals surface area contributed by atoms with Crippen molar-refractivity contribution < 1.29 is 4.57 Å². The monoisotopic (exact) mass is 195 g/mol. The molecule has 0 aromatic carbocycles. The van der Waals surface area contributed by atoms with Gasteiger partial charge in [0.1, 0.15) is 7.14 Å². The molecule has 3 heteroatoms. The van der Waals surface area contributed by atoms with Crippen molar-refractivity contribution in [2.24, 2.45) is 0 Å². The van der Waals surface area contributed by atoms with Gasteiger partial charge in [0, 0.05) is 29.5 Å². The van der Waals surface area contributed by atoms with Gasteiger partial charge in [0.25, 0.3) is 0 Å². The molecule has 0 aliphatic carbocycles. The minimum absolute atomic E-state index is 0.887. The molecule has 13 heavy (non-hydrogen) atoms. The van der Waals surface area contributed by atoms with Gasteiger partial charge in [-0.25, -0.2) is 0 Å². The van der Waals surface area contributed by atoms with Gasteiger partial charge in [-0.2, -0.15) is 0 Å². The molecule has 0 bridgehead atoms. The van der Waals surface area contributed by atoms with E-state index in [0.29, 0.717) is 0 Å². The van der Waals surface area contributed by atoms with Gasteiger partial charge in [0.2, 0.25) is 0 Å². The average Bonchev–Trinajstić information content (AvgIpc) is 2.54. The lowest BCUT2D eigenvalue weighted by Gasteiger charge is -2.10. The third-order valence-electron chi connectivity index (χ3n) is 2.65. The Bertz CT molecular complexity index is 334. The average molecular weight is 195 g/mol. The molecule has 0 N–H and O–H groups in total. The Morgan fingerprint density at radius 2 is 2.00 bits per heavy atom. The summed E-state index contributed by atoms with van der Waals surface area (Å²) in [5.41, 5.74) is 0.995. The van der Waals surface area contributed by atoms with Crippen molar-refractivity contribution in [1.29, 1.82) is 0 Å². The van der Waals surface area contributed by atoms with Crippen molar-refractivity contribution >= 4 is 12.4 Å². The summed E-state index contributed by atoms with van der Waals surface area (Å²) in [5, 5.41) is 0.982. The Morgan fingerprint density at radius 3 is 2.54 bits per heavy atom. The SMILES string of the molecule is Cc1ccc(P2(=O)CCCC2)cn1. The Labute approximate surface area is 78.8 Å². The maximum atomic E-state index is 12.3. The molecule has 0 atom stereocenters. The van der Waals surface area contributed by atoms with Crippen LogP contribution in [0.2, 0.25) is 0 Å². The van der Waals surface area contributed by atoms with E-state index in [4.69, 9.17) is 0 Å². The number of hydrogen-bond donors (Lipinski definition) is 0. The molecule has 2 rings (SSSR count). The maximum Gasteiger partial charge on any atom is 0.117 e. The predicted octanol–water partition coefficient (Wildman–Crippen LogP) is 2.17. The lowest BCUT2D eigenvalue weighted by Crippen LogP contribution is -2.07. The molecule has 1 fully saturated rings. The predicted molar refractivity (Wildman–Crippen MR) is 55.2 cm³/mol. The molecule has 2 nitrogen and oxygen atoms in total. The Morgan fingerprint density at radius 1 is 1.31 bits per heavy atom. The highest BCUT2D eigenvalue weighted by molar-refractivity contribution is 7.71. The van der Waals surface area contributed by atoms with E-state index in [0.717, 1.165) is 36.2 Å². The summed E-state index contributed by atoms with van der Waals surface area (Å²) in [4.78, 5) is 4.20. The standard InChI is InChI=1S/C10H14NOP/c1-9-4-5-10(8-11-9)13(12)6-2-3-7-13/h4-5,8H,2-3,6-7H2,1H3. The first-order valence-electron chi connectivity index (χ1n) is 4.72. The van der Waals surface area contributed by atoms with Gasteiger partial charge in [-0.15, -0.1) is 0 Å². The van der Waals surface area contributed by atoms with E-state index in [1.54, 1.807) is 6.20 Å². The second-order valence-corrected chi connectivity index (χ2v) is 6.89. The summed E-state index contributed by atoms with van der Waals surface area (Å²) < 4.78 is 12.3. The molecule has 1 aliphatic heterocycles.